The monoisotopic (exact) mass is 318 g/mol. The van der Waals surface area contributed by atoms with Gasteiger partial charge in [0.15, 0.2) is 5.78 Å². The average Bonchev–Trinajstić information content (AvgIpc) is 2.89. The molecule has 1 aliphatic heterocycles. The Morgan fingerprint density at radius 1 is 1.26 bits per heavy atom. The Morgan fingerprint density at radius 2 is 2.04 bits per heavy atom. The van der Waals surface area contributed by atoms with E-state index < -0.39 is 0 Å². The standard InChI is InChI=1S/C18H26N2O3/c1-14-12-20-16(17(14)21)10-6-3-7-11-19-18(22)23-13-15-8-4-2-5-9-15/h2,4-5,8-9,14,16,20H,3,6-7,10-13H2,1H3,(H,19,22)/t14?,16-/m0/s1. The minimum atomic E-state index is -0.379. The highest BCUT2D eigenvalue weighted by atomic mass is 16.5. The summed E-state index contributed by atoms with van der Waals surface area (Å²) in [4.78, 5) is 23.3. The molecule has 5 nitrogen and oxygen atoms in total. The van der Waals surface area contributed by atoms with Crippen LogP contribution in [0.15, 0.2) is 30.3 Å². The lowest BCUT2D eigenvalue weighted by molar-refractivity contribution is -0.121. The van der Waals surface area contributed by atoms with Crippen LogP contribution in [0, 0.1) is 5.92 Å². The number of Topliss-reactive ketones (excluding diaryl/α,β-unsaturated/α-hetero) is 1. The molecule has 126 valence electrons. The zero-order valence-corrected chi connectivity index (χ0v) is 13.7. The number of unbranched alkanes of at least 4 members (excludes halogenated alkanes) is 2. The van der Waals surface area contributed by atoms with Crippen molar-refractivity contribution < 1.29 is 14.3 Å². The van der Waals surface area contributed by atoms with Crippen molar-refractivity contribution in [3.05, 3.63) is 35.9 Å². The third-order valence-corrected chi connectivity index (χ3v) is 4.15. The Bertz CT molecular complexity index is 504. The molecule has 2 atom stereocenters. The van der Waals surface area contributed by atoms with Gasteiger partial charge in [-0.15, -0.1) is 0 Å². The van der Waals surface area contributed by atoms with Gasteiger partial charge in [0, 0.05) is 19.0 Å². The number of benzene rings is 1. The van der Waals surface area contributed by atoms with Crippen molar-refractivity contribution in [1.82, 2.24) is 10.6 Å². The van der Waals surface area contributed by atoms with Crippen LogP contribution in [0.2, 0.25) is 0 Å². The molecule has 1 aliphatic rings. The number of amides is 1. The van der Waals surface area contributed by atoms with Crippen LogP contribution in [-0.4, -0.2) is 31.0 Å². The maximum absolute atomic E-state index is 11.8. The number of ketones is 1. The van der Waals surface area contributed by atoms with E-state index in [1.165, 1.54) is 0 Å². The quantitative estimate of drug-likeness (QED) is 0.723. The van der Waals surface area contributed by atoms with Gasteiger partial charge in [0.1, 0.15) is 6.61 Å². The Balaban J connectivity index is 1.47. The van der Waals surface area contributed by atoms with Gasteiger partial charge in [-0.3, -0.25) is 4.79 Å². The summed E-state index contributed by atoms with van der Waals surface area (Å²) in [6.07, 6.45) is 3.41. The summed E-state index contributed by atoms with van der Waals surface area (Å²) in [6, 6.07) is 9.65. The number of rotatable bonds is 8. The van der Waals surface area contributed by atoms with Gasteiger partial charge in [-0.05, 0) is 18.4 Å². The van der Waals surface area contributed by atoms with Crippen LogP contribution in [0.3, 0.4) is 0 Å². The lowest BCUT2D eigenvalue weighted by atomic mass is 10.0. The second kappa shape index (κ2) is 9.30. The fourth-order valence-corrected chi connectivity index (χ4v) is 2.72. The van der Waals surface area contributed by atoms with Gasteiger partial charge < -0.3 is 15.4 Å². The summed E-state index contributed by atoms with van der Waals surface area (Å²) >= 11 is 0. The minimum Gasteiger partial charge on any atom is -0.445 e. The molecule has 1 aromatic rings. The largest absolute Gasteiger partial charge is 0.445 e. The molecule has 0 radical (unpaired) electrons. The molecule has 1 saturated heterocycles. The van der Waals surface area contributed by atoms with Crippen molar-refractivity contribution in [3.8, 4) is 0 Å². The van der Waals surface area contributed by atoms with Crippen molar-refractivity contribution >= 4 is 11.9 Å². The normalized spacial score (nSPS) is 20.5. The van der Waals surface area contributed by atoms with E-state index in [0.29, 0.717) is 18.9 Å². The van der Waals surface area contributed by atoms with E-state index in [1.807, 2.05) is 37.3 Å². The van der Waals surface area contributed by atoms with Crippen LogP contribution < -0.4 is 10.6 Å². The highest BCUT2D eigenvalue weighted by molar-refractivity contribution is 5.88. The first-order chi connectivity index (χ1) is 11.2. The van der Waals surface area contributed by atoms with Crippen LogP contribution in [0.25, 0.3) is 0 Å². The first-order valence-electron chi connectivity index (χ1n) is 8.38. The Labute approximate surface area is 137 Å². The van der Waals surface area contributed by atoms with Gasteiger partial charge in [0.05, 0.1) is 6.04 Å². The molecule has 2 rings (SSSR count). The molecule has 1 unspecified atom stereocenters. The number of carbonyl (C=O) groups excluding carboxylic acids is 2. The molecule has 0 aromatic heterocycles. The Hall–Kier alpha value is -1.88. The highest BCUT2D eigenvalue weighted by Gasteiger charge is 2.29. The number of alkyl carbamates (subject to hydrolysis) is 1. The van der Waals surface area contributed by atoms with Crippen molar-refractivity contribution in [3.63, 3.8) is 0 Å². The molecule has 0 bridgehead atoms. The fraction of sp³-hybridized carbons (Fsp3) is 0.556. The zero-order valence-electron chi connectivity index (χ0n) is 13.7. The first kappa shape index (κ1) is 17.5. The maximum Gasteiger partial charge on any atom is 0.407 e. The average molecular weight is 318 g/mol. The molecule has 0 aliphatic carbocycles. The van der Waals surface area contributed by atoms with Gasteiger partial charge in [0.25, 0.3) is 0 Å². The van der Waals surface area contributed by atoms with Gasteiger partial charge in [0.2, 0.25) is 0 Å². The molecule has 1 fully saturated rings. The number of hydrogen-bond donors (Lipinski definition) is 2. The van der Waals surface area contributed by atoms with Crippen molar-refractivity contribution in [1.29, 1.82) is 0 Å². The molecule has 1 amide bonds. The third-order valence-electron chi connectivity index (χ3n) is 4.15. The lowest BCUT2D eigenvalue weighted by Gasteiger charge is -2.09. The number of hydrogen-bond acceptors (Lipinski definition) is 4. The molecule has 1 heterocycles. The van der Waals surface area contributed by atoms with Crippen LogP contribution >= 0.6 is 0 Å². The Kier molecular flexibility index (Phi) is 7.07. The molecular formula is C18H26N2O3. The molecule has 0 saturated carbocycles. The second-order valence-electron chi connectivity index (χ2n) is 6.10. The smallest absolute Gasteiger partial charge is 0.407 e. The minimum absolute atomic E-state index is 0.0359. The van der Waals surface area contributed by atoms with E-state index >= 15 is 0 Å². The summed E-state index contributed by atoms with van der Waals surface area (Å²) in [5, 5.41) is 6.01. The topological polar surface area (TPSA) is 67.4 Å². The van der Waals surface area contributed by atoms with E-state index in [0.717, 1.165) is 37.8 Å². The van der Waals surface area contributed by atoms with Gasteiger partial charge in [-0.2, -0.15) is 0 Å². The van der Waals surface area contributed by atoms with Crippen LogP contribution in [-0.2, 0) is 16.1 Å². The maximum atomic E-state index is 11.8. The van der Waals surface area contributed by atoms with E-state index in [4.69, 9.17) is 4.74 Å². The summed E-state index contributed by atoms with van der Waals surface area (Å²) in [7, 11) is 0. The van der Waals surface area contributed by atoms with Crippen molar-refractivity contribution in [2.45, 2.75) is 45.3 Å². The summed E-state index contributed by atoms with van der Waals surface area (Å²) < 4.78 is 5.14. The Morgan fingerprint density at radius 3 is 2.74 bits per heavy atom. The number of nitrogens with one attached hydrogen (secondary N) is 2. The number of carbonyl (C=O) groups is 2. The van der Waals surface area contributed by atoms with Gasteiger partial charge in [-0.1, -0.05) is 50.1 Å². The molecule has 23 heavy (non-hydrogen) atoms. The molecule has 5 heteroatoms. The SMILES string of the molecule is CC1CN[C@@H](CCCCCNC(=O)OCc2ccccc2)C1=O. The van der Waals surface area contributed by atoms with Crippen LogP contribution in [0.1, 0.15) is 38.2 Å². The summed E-state index contributed by atoms with van der Waals surface area (Å²) in [5.74, 6) is 0.494. The predicted molar refractivity (Wildman–Crippen MR) is 89.1 cm³/mol. The second-order valence-corrected chi connectivity index (χ2v) is 6.10. The van der Waals surface area contributed by atoms with Crippen LogP contribution in [0.4, 0.5) is 4.79 Å². The van der Waals surface area contributed by atoms with E-state index in [-0.39, 0.29) is 18.1 Å². The summed E-state index contributed by atoms with van der Waals surface area (Å²) in [6.45, 7) is 3.68. The van der Waals surface area contributed by atoms with Crippen molar-refractivity contribution in [2.75, 3.05) is 13.1 Å². The number of ether oxygens (including phenoxy) is 1. The third kappa shape index (κ3) is 6.02. The molecule has 0 spiro atoms. The molecular weight excluding hydrogens is 292 g/mol. The van der Waals surface area contributed by atoms with Crippen LogP contribution in [0.5, 0.6) is 0 Å². The van der Waals surface area contributed by atoms with Gasteiger partial charge >= 0.3 is 6.09 Å². The van der Waals surface area contributed by atoms with E-state index in [1.54, 1.807) is 0 Å². The molecule has 1 aromatic carbocycles. The highest BCUT2D eigenvalue weighted by Crippen LogP contribution is 2.14. The lowest BCUT2D eigenvalue weighted by Crippen LogP contribution is -2.27. The van der Waals surface area contributed by atoms with E-state index in [9.17, 15) is 9.59 Å². The summed E-state index contributed by atoms with van der Waals surface area (Å²) in [5.41, 5.74) is 0.977. The van der Waals surface area contributed by atoms with Crippen molar-refractivity contribution in [2.24, 2.45) is 5.92 Å². The van der Waals surface area contributed by atoms with E-state index in [2.05, 4.69) is 10.6 Å². The zero-order chi connectivity index (χ0) is 16.5. The predicted octanol–water partition coefficient (Wildman–Crippen LogP) is 2.65. The fourth-order valence-electron chi connectivity index (χ4n) is 2.72. The first-order valence-corrected chi connectivity index (χ1v) is 8.38. The molecule has 2 N–H and O–H groups in total. The van der Waals surface area contributed by atoms with Gasteiger partial charge in [-0.25, -0.2) is 4.79 Å².